The molecule has 0 aliphatic heterocycles. The number of methoxy groups -OCH3 is 1. The lowest BCUT2D eigenvalue weighted by Crippen LogP contribution is -1.99. The van der Waals surface area contributed by atoms with Crippen molar-refractivity contribution in [2.75, 3.05) is 13.7 Å². The zero-order valence-electron chi connectivity index (χ0n) is 11.8. The van der Waals surface area contributed by atoms with Gasteiger partial charge in [-0.2, -0.15) is 0 Å². The summed E-state index contributed by atoms with van der Waals surface area (Å²) >= 11 is 0. The highest BCUT2D eigenvalue weighted by atomic mass is 16.5. The molecule has 0 N–H and O–H groups in total. The highest BCUT2D eigenvalue weighted by Crippen LogP contribution is 2.33. The van der Waals surface area contributed by atoms with Crippen molar-refractivity contribution in [3.8, 4) is 22.6 Å². The summed E-state index contributed by atoms with van der Waals surface area (Å²) in [5, 5.41) is 0. The average molecular weight is 268 g/mol. The van der Waals surface area contributed by atoms with E-state index in [1.165, 1.54) is 0 Å². The van der Waals surface area contributed by atoms with E-state index in [4.69, 9.17) is 9.47 Å². The molecule has 0 heterocycles. The van der Waals surface area contributed by atoms with Gasteiger partial charge in [-0.1, -0.05) is 36.4 Å². The van der Waals surface area contributed by atoms with Crippen LogP contribution in [0.25, 0.3) is 11.1 Å². The molecule has 2 heteroatoms. The van der Waals surface area contributed by atoms with E-state index in [0.717, 1.165) is 35.5 Å². The Labute approximate surface area is 120 Å². The van der Waals surface area contributed by atoms with Gasteiger partial charge in [0, 0.05) is 11.6 Å². The van der Waals surface area contributed by atoms with E-state index < -0.39 is 0 Å². The van der Waals surface area contributed by atoms with E-state index in [2.05, 4.69) is 18.7 Å². The lowest BCUT2D eigenvalue weighted by atomic mass is 10.0. The summed E-state index contributed by atoms with van der Waals surface area (Å²) < 4.78 is 11.2. The molecule has 2 aromatic carbocycles. The second-order valence-electron chi connectivity index (χ2n) is 4.51. The fraction of sp³-hybridized carbons (Fsp3) is 0.222. The lowest BCUT2D eigenvalue weighted by molar-refractivity contribution is 0.311. The second-order valence-corrected chi connectivity index (χ2v) is 4.51. The Morgan fingerprint density at radius 1 is 1.10 bits per heavy atom. The molecular weight excluding hydrogens is 248 g/mol. The van der Waals surface area contributed by atoms with Gasteiger partial charge in [0.1, 0.15) is 11.5 Å². The van der Waals surface area contributed by atoms with Crippen LogP contribution in [-0.4, -0.2) is 13.7 Å². The van der Waals surface area contributed by atoms with Gasteiger partial charge in [0.25, 0.3) is 0 Å². The minimum atomic E-state index is 0.680. The Morgan fingerprint density at radius 2 is 1.90 bits per heavy atom. The van der Waals surface area contributed by atoms with E-state index in [9.17, 15) is 0 Å². The molecule has 0 aromatic heterocycles. The van der Waals surface area contributed by atoms with Crippen molar-refractivity contribution in [1.29, 1.82) is 0 Å². The SMILES string of the molecule is C=CCCCOc1cc(OC)ccc1-c1ccccc1. The van der Waals surface area contributed by atoms with Crippen LogP contribution in [0.2, 0.25) is 0 Å². The van der Waals surface area contributed by atoms with Crippen molar-refractivity contribution in [1.82, 2.24) is 0 Å². The summed E-state index contributed by atoms with van der Waals surface area (Å²) in [6.07, 6.45) is 3.84. The highest BCUT2D eigenvalue weighted by molar-refractivity contribution is 5.71. The van der Waals surface area contributed by atoms with Crippen LogP contribution in [-0.2, 0) is 0 Å². The number of hydrogen-bond acceptors (Lipinski definition) is 2. The maximum absolute atomic E-state index is 5.91. The van der Waals surface area contributed by atoms with E-state index in [1.807, 2.05) is 42.5 Å². The minimum absolute atomic E-state index is 0.680. The maximum atomic E-state index is 5.91. The van der Waals surface area contributed by atoms with E-state index in [1.54, 1.807) is 7.11 Å². The normalized spacial score (nSPS) is 10.1. The first kappa shape index (κ1) is 14.2. The molecule has 2 aromatic rings. The number of rotatable bonds is 7. The number of benzene rings is 2. The second kappa shape index (κ2) is 7.39. The van der Waals surface area contributed by atoms with Gasteiger partial charge < -0.3 is 9.47 Å². The summed E-state index contributed by atoms with van der Waals surface area (Å²) in [7, 11) is 1.67. The Bertz CT molecular complexity index is 547. The zero-order valence-corrected chi connectivity index (χ0v) is 11.8. The Hall–Kier alpha value is -2.22. The molecule has 0 spiro atoms. The van der Waals surface area contributed by atoms with Crippen LogP contribution in [0.4, 0.5) is 0 Å². The maximum Gasteiger partial charge on any atom is 0.130 e. The van der Waals surface area contributed by atoms with Gasteiger partial charge in [0.15, 0.2) is 0 Å². The van der Waals surface area contributed by atoms with Crippen molar-refractivity contribution in [3.63, 3.8) is 0 Å². The highest BCUT2D eigenvalue weighted by Gasteiger charge is 2.07. The van der Waals surface area contributed by atoms with Gasteiger partial charge >= 0.3 is 0 Å². The molecule has 0 radical (unpaired) electrons. The predicted octanol–water partition coefficient (Wildman–Crippen LogP) is 4.71. The van der Waals surface area contributed by atoms with Crippen molar-refractivity contribution < 1.29 is 9.47 Å². The first-order valence-electron chi connectivity index (χ1n) is 6.82. The first-order chi connectivity index (χ1) is 9.85. The minimum Gasteiger partial charge on any atom is -0.497 e. The molecule has 2 nitrogen and oxygen atoms in total. The Kier molecular flexibility index (Phi) is 5.24. The monoisotopic (exact) mass is 268 g/mol. The fourth-order valence-corrected chi connectivity index (χ4v) is 2.02. The number of unbranched alkanes of at least 4 members (excludes halogenated alkanes) is 1. The molecule has 0 saturated heterocycles. The predicted molar refractivity (Wildman–Crippen MR) is 83.4 cm³/mol. The molecule has 0 bridgehead atoms. The Balaban J connectivity index is 2.23. The molecule has 0 aliphatic carbocycles. The third-order valence-electron chi connectivity index (χ3n) is 3.08. The summed E-state index contributed by atoms with van der Waals surface area (Å²) in [4.78, 5) is 0. The summed E-state index contributed by atoms with van der Waals surface area (Å²) in [6, 6.07) is 16.2. The smallest absolute Gasteiger partial charge is 0.130 e. The molecule has 0 fully saturated rings. The van der Waals surface area contributed by atoms with Gasteiger partial charge in [-0.3, -0.25) is 0 Å². The van der Waals surface area contributed by atoms with E-state index in [0.29, 0.717) is 6.61 Å². The van der Waals surface area contributed by atoms with Crippen molar-refractivity contribution in [3.05, 3.63) is 61.2 Å². The third kappa shape index (κ3) is 3.64. The van der Waals surface area contributed by atoms with Gasteiger partial charge in [-0.25, -0.2) is 0 Å². The zero-order chi connectivity index (χ0) is 14.2. The summed E-state index contributed by atoms with van der Waals surface area (Å²) in [6.45, 7) is 4.40. The number of ether oxygens (including phenoxy) is 2. The van der Waals surface area contributed by atoms with E-state index >= 15 is 0 Å². The first-order valence-corrected chi connectivity index (χ1v) is 6.82. The summed E-state index contributed by atoms with van der Waals surface area (Å²) in [5.74, 6) is 1.67. The van der Waals surface area contributed by atoms with Crippen LogP contribution in [0.1, 0.15) is 12.8 Å². The number of allylic oxidation sites excluding steroid dienone is 1. The van der Waals surface area contributed by atoms with Crippen LogP contribution in [0, 0.1) is 0 Å². The van der Waals surface area contributed by atoms with Crippen molar-refractivity contribution in [2.45, 2.75) is 12.8 Å². The average Bonchev–Trinajstić information content (AvgIpc) is 2.52. The van der Waals surface area contributed by atoms with Crippen LogP contribution in [0.3, 0.4) is 0 Å². The van der Waals surface area contributed by atoms with Crippen LogP contribution in [0.15, 0.2) is 61.2 Å². The number of hydrogen-bond donors (Lipinski definition) is 0. The molecule has 0 aliphatic rings. The van der Waals surface area contributed by atoms with Gasteiger partial charge in [-0.15, -0.1) is 6.58 Å². The van der Waals surface area contributed by atoms with Gasteiger partial charge in [0.05, 0.1) is 13.7 Å². The van der Waals surface area contributed by atoms with E-state index in [-0.39, 0.29) is 0 Å². The quantitative estimate of drug-likeness (QED) is 0.535. The van der Waals surface area contributed by atoms with Gasteiger partial charge in [-0.05, 0) is 30.5 Å². The third-order valence-corrected chi connectivity index (χ3v) is 3.08. The molecule has 20 heavy (non-hydrogen) atoms. The molecule has 2 rings (SSSR count). The fourth-order valence-electron chi connectivity index (χ4n) is 2.02. The van der Waals surface area contributed by atoms with Crippen LogP contribution >= 0.6 is 0 Å². The molecule has 104 valence electrons. The largest absolute Gasteiger partial charge is 0.497 e. The molecular formula is C18H20O2. The topological polar surface area (TPSA) is 18.5 Å². The summed E-state index contributed by atoms with van der Waals surface area (Å²) in [5.41, 5.74) is 2.24. The van der Waals surface area contributed by atoms with Crippen LogP contribution in [0.5, 0.6) is 11.5 Å². The van der Waals surface area contributed by atoms with Gasteiger partial charge in [0.2, 0.25) is 0 Å². The molecule has 0 unspecified atom stereocenters. The lowest BCUT2D eigenvalue weighted by Gasteiger charge is -2.13. The van der Waals surface area contributed by atoms with Crippen molar-refractivity contribution >= 4 is 0 Å². The molecule has 0 amide bonds. The van der Waals surface area contributed by atoms with Crippen molar-refractivity contribution in [2.24, 2.45) is 0 Å². The van der Waals surface area contributed by atoms with Crippen LogP contribution < -0.4 is 9.47 Å². The molecule has 0 saturated carbocycles. The molecule has 0 atom stereocenters. The standard InChI is InChI=1S/C18H20O2/c1-3-4-8-13-20-18-14-16(19-2)11-12-17(18)15-9-6-5-7-10-15/h3,5-7,9-12,14H,1,4,8,13H2,2H3. The Morgan fingerprint density at radius 3 is 2.60 bits per heavy atom.